The van der Waals surface area contributed by atoms with E-state index in [1.807, 2.05) is 6.92 Å². The molecule has 0 spiro atoms. The normalized spacial score (nSPS) is 24.9. The molecule has 1 saturated heterocycles. The van der Waals surface area contributed by atoms with Gasteiger partial charge in [-0.25, -0.2) is 8.42 Å². The van der Waals surface area contributed by atoms with Crippen molar-refractivity contribution in [3.8, 4) is 0 Å². The molecule has 1 aromatic rings. The van der Waals surface area contributed by atoms with E-state index in [0.717, 1.165) is 5.56 Å². The smallest absolute Gasteiger partial charge is 0.243 e. The molecular formula is C10H11NO3S. The van der Waals surface area contributed by atoms with Gasteiger partial charge in [0.1, 0.15) is 6.29 Å². The van der Waals surface area contributed by atoms with Gasteiger partial charge < -0.3 is 4.79 Å². The van der Waals surface area contributed by atoms with Gasteiger partial charge in [0.2, 0.25) is 10.0 Å². The highest BCUT2D eigenvalue weighted by Gasteiger charge is 2.44. The van der Waals surface area contributed by atoms with Gasteiger partial charge in [0, 0.05) is 6.54 Å². The molecule has 1 heterocycles. The van der Waals surface area contributed by atoms with Crippen LogP contribution in [0, 0.1) is 6.92 Å². The fourth-order valence-corrected chi connectivity index (χ4v) is 2.88. The van der Waals surface area contributed by atoms with E-state index >= 15 is 0 Å². The molecule has 0 N–H and O–H groups in total. The highest BCUT2D eigenvalue weighted by Crippen LogP contribution is 2.26. The average molecular weight is 225 g/mol. The van der Waals surface area contributed by atoms with Crippen LogP contribution in [0.15, 0.2) is 29.2 Å². The lowest BCUT2D eigenvalue weighted by Gasteiger charge is -2.04. The van der Waals surface area contributed by atoms with Gasteiger partial charge in [-0.2, -0.15) is 4.31 Å². The van der Waals surface area contributed by atoms with Crippen LogP contribution in [0.2, 0.25) is 0 Å². The molecule has 5 heteroatoms. The van der Waals surface area contributed by atoms with Crippen LogP contribution in [-0.4, -0.2) is 31.6 Å². The Morgan fingerprint density at radius 1 is 1.33 bits per heavy atom. The number of hydrogen-bond donors (Lipinski definition) is 0. The fourth-order valence-electron chi connectivity index (χ4n) is 1.37. The van der Waals surface area contributed by atoms with Gasteiger partial charge in [-0.15, -0.1) is 0 Å². The fraction of sp³-hybridized carbons (Fsp3) is 0.300. The summed E-state index contributed by atoms with van der Waals surface area (Å²) >= 11 is 0. The first-order valence-corrected chi connectivity index (χ1v) is 6.03. The number of aldehydes is 1. The van der Waals surface area contributed by atoms with E-state index in [4.69, 9.17) is 0 Å². The first kappa shape index (κ1) is 10.3. The largest absolute Gasteiger partial charge is 0.302 e. The zero-order valence-corrected chi connectivity index (χ0v) is 9.07. The Morgan fingerprint density at radius 3 is 2.40 bits per heavy atom. The quantitative estimate of drug-likeness (QED) is 0.558. The standard InChI is InChI=1S/C10H11NO3S/c1-8-2-4-10(5-3-8)15(13,14)11-6-9(11)7-12/h2-5,7,9H,6H2,1H3. The zero-order valence-electron chi connectivity index (χ0n) is 8.25. The molecule has 4 nitrogen and oxygen atoms in total. The van der Waals surface area contributed by atoms with Gasteiger partial charge in [0.15, 0.2) is 0 Å². The van der Waals surface area contributed by atoms with Gasteiger partial charge in [0.05, 0.1) is 10.9 Å². The third-order valence-electron chi connectivity index (χ3n) is 2.39. The van der Waals surface area contributed by atoms with Crippen LogP contribution in [0.5, 0.6) is 0 Å². The number of benzene rings is 1. The number of rotatable bonds is 3. The van der Waals surface area contributed by atoms with Gasteiger partial charge in [0.25, 0.3) is 0 Å². The summed E-state index contributed by atoms with van der Waals surface area (Å²) in [5.41, 5.74) is 1.01. The summed E-state index contributed by atoms with van der Waals surface area (Å²) in [7, 11) is -3.44. The number of aryl methyl sites for hydroxylation is 1. The number of nitrogens with zero attached hydrogens (tertiary/aromatic N) is 1. The van der Waals surface area contributed by atoms with Crippen molar-refractivity contribution in [1.82, 2.24) is 4.31 Å². The van der Waals surface area contributed by atoms with E-state index in [1.54, 1.807) is 24.3 Å². The Labute approximate surface area is 88.6 Å². The second kappa shape index (κ2) is 3.43. The molecule has 0 aromatic heterocycles. The number of carbonyl (C=O) groups is 1. The van der Waals surface area contributed by atoms with Crippen molar-refractivity contribution in [1.29, 1.82) is 0 Å². The molecule has 2 atom stereocenters. The van der Waals surface area contributed by atoms with Gasteiger partial charge in [-0.1, -0.05) is 17.7 Å². The number of sulfonamides is 1. The Hall–Kier alpha value is -1.20. The van der Waals surface area contributed by atoms with E-state index < -0.39 is 16.1 Å². The molecule has 0 amide bonds. The predicted octanol–water partition coefficient (Wildman–Crippen LogP) is 0.567. The summed E-state index contributed by atoms with van der Waals surface area (Å²) < 4.78 is 24.9. The highest BCUT2D eigenvalue weighted by molar-refractivity contribution is 7.89. The zero-order chi connectivity index (χ0) is 11.1. The Kier molecular flexibility index (Phi) is 2.36. The summed E-state index contributed by atoms with van der Waals surface area (Å²) in [6.45, 7) is 2.20. The lowest BCUT2D eigenvalue weighted by Crippen LogP contribution is -2.15. The maximum Gasteiger partial charge on any atom is 0.243 e. The van der Waals surface area contributed by atoms with Crippen LogP contribution < -0.4 is 0 Å². The molecule has 15 heavy (non-hydrogen) atoms. The number of carbonyl (C=O) groups excluding carboxylic acids is 1. The maximum absolute atomic E-state index is 11.8. The van der Waals surface area contributed by atoms with E-state index in [2.05, 4.69) is 0 Å². The summed E-state index contributed by atoms with van der Waals surface area (Å²) in [5, 5.41) is 0. The van der Waals surface area contributed by atoms with E-state index in [9.17, 15) is 13.2 Å². The second-order valence-corrected chi connectivity index (χ2v) is 5.48. The topological polar surface area (TPSA) is 54.2 Å². The molecule has 1 aromatic carbocycles. The molecule has 1 aliphatic heterocycles. The minimum atomic E-state index is -3.44. The van der Waals surface area contributed by atoms with Crippen LogP contribution in [0.3, 0.4) is 0 Å². The average Bonchev–Trinajstić information content (AvgIpc) is 2.98. The van der Waals surface area contributed by atoms with Crippen molar-refractivity contribution >= 4 is 16.3 Å². The first-order chi connectivity index (χ1) is 7.05. The van der Waals surface area contributed by atoms with Crippen molar-refractivity contribution in [3.05, 3.63) is 29.8 Å². The maximum atomic E-state index is 11.8. The van der Waals surface area contributed by atoms with Crippen LogP contribution in [-0.2, 0) is 14.8 Å². The molecule has 0 radical (unpaired) electrons. The molecule has 1 aliphatic rings. The van der Waals surface area contributed by atoms with E-state index in [1.165, 1.54) is 4.31 Å². The van der Waals surface area contributed by atoms with Gasteiger partial charge in [-0.05, 0) is 19.1 Å². The van der Waals surface area contributed by atoms with Crippen molar-refractivity contribution in [3.63, 3.8) is 0 Å². The third kappa shape index (κ3) is 1.80. The van der Waals surface area contributed by atoms with Crippen molar-refractivity contribution in [2.45, 2.75) is 17.9 Å². The highest BCUT2D eigenvalue weighted by atomic mass is 32.2. The second-order valence-electron chi connectivity index (χ2n) is 3.59. The molecule has 0 saturated carbocycles. The summed E-state index contributed by atoms with van der Waals surface area (Å²) in [6.07, 6.45) is 0.658. The lowest BCUT2D eigenvalue weighted by molar-refractivity contribution is -0.107. The van der Waals surface area contributed by atoms with Gasteiger partial charge >= 0.3 is 0 Å². The minimum Gasteiger partial charge on any atom is -0.302 e. The number of hydrogen-bond acceptors (Lipinski definition) is 3. The predicted molar refractivity (Wildman–Crippen MR) is 54.9 cm³/mol. The molecular weight excluding hydrogens is 214 g/mol. The Morgan fingerprint density at radius 2 is 1.93 bits per heavy atom. The molecule has 0 aliphatic carbocycles. The lowest BCUT2D eigenvalue weighted by atomic mass is 10.2. The molecule has 2 unspecified atom stereocenters. The van der Waals surface area contributed by atoms with Gasteiger partial charge in [-0.3, -0.25) is 0 Å². The van der Waals surface area contributed by atoms with Crippen molar-refractivity contribution < 1.29 is 13.2 Å². The molecule has 2 rings (SSSR count). The van der Waals surface area contributed by atoms with Crippen LogP contribution in [0.25, 0.3) is 0 Å². The minimum absolute atomic E-state index is 0.248. The SMILES string of the molecule is Cc1ccc(S(=O)(=O)N2CC2C=O)cc1. The Balaban J connectivity index is 2.31. The van der Waals surface area contributed by atoms with Crippen LogP contribution in [0.4, 0.5) is 0 Å². The van der Waals surface area contributed by atoms with E-state index in [-0.39, 0.29) is 4.90 Å². The third-order valence-corrected chi connectivity index (χ3v) is 4.29. The molecule has 80 valence electrons. The summed E-state index contributed by atoms with van der Waals surface area (Å²) in [4.78, 5) is 10.7. The van der Waals surface area contributed by atoms with Crippen LogP contribution in [0.1, 0.15) is 5.56 Å². The van der Waals surface area contributed by atoms with E-state index in [0.29, 0.717) is 12.8 Å². The summed E-state index contributed by atoms with van der Waals surface area (Å²) in [5.74, 6) is 0. The van der Waals surface area contributed by atoms with Crippen molar-refractivity contribution in [2.75, 3.05) is 6.54 Å². The van der Waals surface area contributed by atoms with Crippen molar-refractivity contribution in [2.24, 2.45) is 0 Å². The molecule has 0 bridgehead atoms. The summed E-state index contributed by atoms with van der Waals surface area (Å²) in [6, 6.07) is 6.14. The Bertz CT molecular complexity index is 478. The monoisotopic (exact) mass is 225 g/mol. The molecule has 1 fully saturated rings. The van der Waals surface area contributed by atoms with Crippen LogP contribution >= 0.6 is 0 Å². The first-order valence-electron chi connectivity index (χ1n) is 4.59.